The van der Waals surface area contributed by atoms with Gasteiger partial charge in [0, 0.05) is 11.3 Å². The molecule has 136 valence electrons. The van der Waals surface area contributed by atoms with Crippen molar-refractivity contribution in [3.8, 4) is 11.5 Å². The van der Waals surface area contributed by atoms with E-state index in [0.717, 1.165) is 0 Å². The predicted molar refractivity (Wildman–Crippen MR) is 95.1 cm³/mol. The van der Waals surface area contributed by atoms with Crippen LogP contribution in [0.1, 0.15) is 10.4 Å². The van der Waals surface area contributed by atoms with Crippen LogP contribution in [0.3, 0.4) is 0 Å². The second kappa shape index (κ2) is 9.07. The summed E-state index contributed by atoms with van der Waals surface area (Å²) < 4.78 is 10.3. The molecule has 0 fully saturated rings. The molecule has 0 saturated heterocycles. The van der Waals surface area contributed by atoms with Gasteiger partial charge in [0.05, 0.1) is 13.7 Å². The Morgan fingerprint density at radius 1 is 0.923 bits per heavy atom. The molecule has 3 amide bonds. The number of nitrogens with two attached hydrogens (primary N) is 1. The molecule has 4 N–H and O–H groups in total. The van der Waals surface area contributed by atoms with Gasteiger partial charge >= 0.3 is 0 Å². The van der Waals surface area contributed by atoms with Crippen LogP contribution in [-0.2, 0) is 9.59 Å². The summed E-state index contributed by atoms with van der Waals surface area (Å²) in [5, 5.41) is 5.04. The van der Waals surface area contributed by atoms with E-state index in [0.29, 0.717) is 22.7 Å². The van der Waals surface area contributed by atoms with Crippen molar-refractivity contribution in [2.75, 3.05) is 25.6 Å². The first-order chi connectivity index (χ1) is 12.5. The summed E-state index contributed by atoms with van der Waals surface area (Å²) in [5.41, 5.74) is 5.97. The summed E-state index contributed by atoms with van der Waals surface area (Å²) >= 11 is 0. The molecule has 0 spiro atoms. The van der Waals surface area contributed by atoms with Gasteiger partial charge in [-0.15, -0.1) is 0 Å². The number of hydrogen-bond donors (Lipinski definition) is 3. The third-order valence-electron chi connectivity index (χ3n) is 3.33. The average molecular weight is 357 g/mol. The third kappa shape index (κ3) is 5.82. The predicted octanol–water partition coefficient (Wildman–Crippen LogP) is 0.928. The van der Waals surface area contributed by atoms with Crippen molar-refractivity contribution in [2.45, 2.75) is 0 Å². The van der Waals surface area contributed by atoms with Crippen molar-refractivity contribution in [1.82, 2.24) is 5.32 Å². The van der Waals surface area contributed by atoms with Gasteiger partial charge in [0.15, 0.2) is 6.61 Å². The molecule has 0 saturated carbocycles. The number of carbonyl (C=O) groups is 3. The van der Waals surface area contributed by atoms with Crippen LogP contribution in [0.25, 0.3) is 0 Å². The topological polar surface area (TPSA) is 120 Å². The van der Waals surface area contributed by atoms with Crippen molar-refractivity contribution < 1.29 is 23.9 Å². The number of benzene rings is 2. The van der Waals surface area contributed by atoms with Crippen LogP contribution in [0.2, 0.25) is 0 Å². The minimum Gasteiger partial charge on any atom is -0.497 e. The minimum atomic E-state index is -0.549. The SMILES string of the molecule is COc1ccc(OCC(=O)NCC(=O)Nc2ccc(C(N)=O)cc2)cc1. The van der Waals surface area contributed by atoms with E-state index >= 15 is 0 Å². The van der Waals surface area contributed by atoms with E-state index < -0.39 is 17.7 Å². The van der Waals surface area contributed by atoms with E-state index in [1.165, 1.54) is 12.1 Å². The van der Waals surface area contributed by atoms with Gasteiger partial charge in [-0.2, -0.15) is 0 Å². The van der Waals surface area contributed by atoms with Crippen molar-refractivity contribution >= 4 is 23.4 Å². The zero-order chi connectivity index (χ0) is 18.9. The Morgan fingerprint density at radius 3 is 2.12 bits per heavy atom. The van der Waals surface area contributed by atoms with Gasteiger partial charge in [-0.3, -0.25) is 14.4 Å². The Morgan fingerprint density at radius 2 is 1.54 bits per heavy atom. The highest BCUT2D eigenvalue weighted by atomic mass is 16.5. The molecule has 0 aliphatic carbocycles. The van der Waals surface area contributed by atoms with Gasteiger partial charge in [0.1, 0.15) is 11.5 Å². The van der Waals surface area contributed by atoms with Crippen molar-refractivity contribution in [2.24, 2.45) is 5.73 Å². The first-order valence-electron chi connectivity index (χ1n) is 7.71. The molecular formula is C18H19N3O5. The Kier molecular flexibility index (Phi) is 6.55. The summed E-state index contributed by atoms with van der Waals surface area (Å²) in [6.45, 7) is -0.421. The Bertz CT molecular complexity index is 772. The highest BCUT2D eigenvalue weighted by molar-refractivity contribution is 5.96. The minimum absolute atomic E-state index is 0.206. The van der Waals surface area contributed by atoms with E-state index in [-0.39, 0.29) is 13.2 Å². The Balaban J connectivity index is 1.72. The molecular weight excluding hydrogens is 338 g/mol. The lowest BCUT2D eigenvalue weighted by molar-refractivity contribution is -0.125. The van der Waals surface area contributed by atoms with Crippen LogP contribution in [0, 0.1) is 0 Å². The lowest BCUT2D eigenvalue weighted by Crippen LogP contribution is -2.35. The lowest BCUT2D eigenvalue weighted by atomic mass is 10.2. The van der Waals surface area contributed by atoms with Crippen LogP contribution in [0.4, 0.5) is 5.69 Å². The second-order valence-corrected chi connectivity index (χ2v) is 5.23. The van der Waals surface area contributed by atoms with Gasteiger partial charge in [0.25, 0.3) is 5.91 Å². The van der Waals surface area contributed by atoms with Crippen molar-refractivity contribution in [3.63, 3.8) is 0 Å². The normalized spacial score (nSPS) is 9.88. The number of nitrogens with one attached hydrogen (secondary N) is 2. The highest BCUT2D eigenvalue weighted by Gasteiger charge is 2.08. The lowest BCUT2D eigenvalue weighted by Gasteiger charge is -2.09. The number of rotatable bonds is 8. The fraction of sp³-hybridized carbons (Fsp3) is 0.167. The fourth-order valence-electron chi connectivity index (χ4n) is 1.97. The maximum atomic E-state index is 11.8. The van der Waals surface area contributed by atoms with Gasteiger partial charge in [-0.25, -0.2) is 0 Å². The van der Waals surface area contributed by atoms with E-state index in [1.54, 1.807) is 43.5 Å². The van der Waals surface area contributed by atoms with Crippen LogP contribution >= 0.6 is 0 Å². The zero-order valence-corrected chi connectivity index (χ0v) is 14.2. The summed E-state index contributed by atoms with van der Waals surface area (Å²) in [7, 11) is 1.56. The molecule has 0 bridgehead atoms. The van der Waals surface area contributed by atoms with E-state index in [4.69, 9.17) is 15.2 Å². The molecule has 0 atom stereocenters. The molecule has 0 aliphatic heterocycles. The number of primary amides is 1. The molecule has 8 heteroatoms. The van der Waals surface area contributed by atoms with Gasteiger partial charge in [-0.1, -0.05) is 0 Å². The maximum absolute atomic E-state index is 11.8. The monoisotopic (exact) mass is 357 g/mol. The second-order valence-electron chi connectivity index (χ2n) is 5.23. The number of methoxy groups -OCH3 is 1. The molecule has 26 heavy (non-hydrogen) atoms. The zero-order valence-electron chi connectivity index (χ0n) is 14.2. The van der Waals surface area contributed by atoms with Gasteiger partial charge in [-0.05, 0) is 48.5 Å². The molecule has 8 nitrogen and oxygen atoms in total. The van der Waals surface area contributed by atoms with E-state index in [9.17, 15) is 14.4 Å². The van der Waals surface area contributed by atoms with Crippen LogP contribution in [0.15, 0.2) is 48.5 Å². The Hall–Kier alpha value is -3.55. The summed E-state index contributed by atoms with van der Waals surface area (Å²) in [6, 6.07) is 12.9. The molecule has 2 aromatic rings. The number of hydrogen-bond acceptors (Lipinski definition) is 5. The standard InChI is InChI=1S/C18H19N3O5/c1-25-14-6-8-15(9-7-14)26-11-17(23)20-10-16(22)21-13-4-2-12(3-5-13)18(19)24/h2-9H,10-11H2,1H3,(H2,19,24)(H,20,23)(H,21,22). The van der Waals surface area contributed by atoms with Crippen LogP contribution < -0.4 is 25.8 Å². The molecule has 0 unspecified atom stereocenters. The van der Waals surface area contributed by atoms with Gasteiger partial charge in [0.2, 0.25) is 11.8 Å². The molecule has 0 aliphatic rings. The molecule has 0 radical (unpaired) electrons. The summed E-state index contributed by atoms with van der Waals surface area (Å²) in [4.78, 5) is 34.5. The number of amides is 3. The number of ether oxygens (including phenoxy) is 2. The highest BCUT2D eigenvalue weighted by Crippen LogP contribution is 2.16. The van der Waals surface area contributed by atoms with Gasteiger partial charge < -0.3 is 25.8 Å². The molecule has 0 heterocycles. The first-order valence-corrected chi connectivity index (χ1v) is 7.71. The maximum Gasteiger partial charge on any atom is 0.258 e. The quantitative estimate of drug-likeness (QED) is 0.649. The molecule has 0 aromatic heterocycles. The van der Waals surface area contributed by atoms with Crippen LogP contribution in [-0.4, -0.2) is 38.0 Å². The third-order valence-corrected chi connectivity index (χ3v) is 3.33. The summed E-state index contributed by atoms with van der Waals surface area (Å²) in [6.07, 6.45) is 0. The Labute approximate surface area is 150 Å². The van der Waals surface area contributed by atoms with E-state index in [2.05, 4.69) is 10.6 Å². The largest absolute Gasteiger partial charge is 0.497 e. The molecule has 2 rings (SSSR count). The summed E-state index contributed by atoms with van der Waals surface area (Å²) in [5.74, 6) is -0.191. The van der Waals surface area contributed by atoms with Crippen molar-refractivity contribution in [3.05, 3.63) is 54.1 Å². The smallest absolute Gasteiger partial charge is 0.258 e. The number of carbonyl (C=O) groups excluding carboxylic acids is 3. The first kappa shape index (κ1) is 18.8. The van der Waals surface area contributed by atoms with Crippen LogP contribution in [0.5, 0.6) is 11.5 Å². The van der Waals surface area contributed by atoms with Crippen molar-refractivity contribution in [1.29, 1.82) is 0 Å². The average Bonchev–Trinajstić information content (AvgIpc) is 2.65. The molecule has 2 aromatic carbocycles. The fourth-order valence-corrected chi connectivity index (χ4v) is 1.97. The number of anilines is 1. The van der Waals surface area contributed by atoms with E-state index in [1.807, 2.05) is 0 Å².